The maximum atomic E-state index is 13.5. The number of aliphatic hydroxyl groups is 2. The predicted molar refractivity (Wildman–Crippen MR) is 185 cm³/mol. The molecular formula is C36H57N3O6S. The van der Waals surface area contributed by atoms with Gasteiger partial charge in [0.15, 0.2) is 9.84 Å². The van der Waals surface area contributed by atoms with Gasteiger partial charge in [0.05, 0.1) is 35.5 Å². The van der Waals surface area contributed by atoms with E-state index < -0.39 is 45.8 Å². The van der Waals surface area contributed by atoms with Crippen LogP contribution < -0.4 is 10.6 Å². The maximum absolute atomic E-state index is 13.5. The van der Waals surface area contributed by atoms with E-state index in [1.807, 2.05) is 70.4 Å². The lowest BCUT2D eigenvalue weighted by molar-refractivity contribution is -0.128. The Morgan fingerprint density at radius 1 is 0.957 bits per heavy atom. The first kappa shape index (κ1) is 37.9. The Morgan fingerprint density at radius 2 is 1.63 bits per heavy atom. The SMILES string of the molecule is CC(C)CC(O)C(O)C(CC1CCCCC1)NC(=O)C(C)CNC(=O)C(Cc1ccc2ccccc2c1)CS(=O)(=O)CCN(C)C. The van der Waals surface area contributed by atoms with Crippen molar-refractivity contribution in [3.63, 3.8) is 0 Å². The Morgan fingerprint density at radius 3 is 2.28 bits per heavy atom. The number of carbonyl (C=O) groups excluding carboxylic acids is 2. The third-order valence-electron chi connectivity index (χ3n) is 9.16. The smallest absolute Gasteiger partial charge is 0.224 e. The van der Waals surface area contributed by atoms with Gasteiger partial charge in [-0.05, 0) is 61.5 Å². The van der Waals surface area contributed by atoms with Crippen LogP contribution in [0.4, 0.5) is 0 Å². The largest absolute Gasteiger partial charge is 0.390 e. The lowest BCUT2D eigenvalue weighted by Crippen LogP contribution is -2.52. The van der Waals surface area contributed by atoms with E-state index in [1.165, 1.54) is 6.42 Å². The van der Waals surface area contributed by atoms with Crippen LogP contribution in [0, 0.1) is 23.7 Å². The minimum absolute atomic E-state index is 0.0252. The van der Waals surface area contributed by atoms with Crippen LogP contribution in [0.2, 0.25) is 0 Å². The molecule has 1 aliphatic carbocycles. The molecule has 9 nitrogen and oxygen atoms in total. The second-order valence-electron chi connectivity index (χ2n) is 14.2. The first-order valence-electron chi connectivity index (χ1n) is 17.0. The molecule has 5 atom stereocenters. The van der Waals surface area contributed by atoms with E-state index in [4.69, 9.17) is 0 Å². The summed E-state index contributed by atoms with van der Waals surface area (Å²) in [7, 11) is 0.0927. The van der Waals surface area contributed by atoms with Crippen molar-refractivity contribution in [3.05, 3.63) is 48.0 Å². The van der Waals surface area contributed by atoms with Crippen molar-refractivity contribution in [1.29, 1.82) is 0 Å². The number of sulfone groups is 1. The summed E-state index contributed by atoms with van der Waals surface area (Å²) >= 11 is 0. The van der Waals surface area contributed by atoms with E-state index >= 15 is 0 Å². The quantitative estimate of drug-likeness (QED) is 0.190. The summed E-state index contributed by atoms with van der Waals surface area (Å²) in [6, 6.07) is 13.2. The first-order chi connectivity index (χ1) is 21.7. The van der Waals surface area contributed by atoms with E-state index in [0.717, 1.165) is 42.0 Å². The van der Waals surface area contributed by atoms with E-state index in [9.17, 15) is 28.2 Å². The average Bonchev–Trinajstić information content (AvgIpc) is 3.01. The third-order valence-corrected chi connectivity index (χ3v) is 10.9. The third kappa shape index (κ3) is 12.6. The molecule has 0 radical (unpaired) electrons. The van der Waals surface area contributed by atoms with Gasteiger partial charge in [-0.1, -0.05) is 95.3 Å². The number of nitrogens with one attached hydrogen (secondary N) is 2. The molecular weight excluding hydrogens is 602 g/mol. The topological polar surface area (TPSA) is 136 Å². The first-order valence-corrected chi connectivity index (χ1v) is 18.8. The molecule has 1 saturated carbocycles. The Labute approximate surface area is 276 Å². The van der Waals surface area contributed by atoms with Gasteiger partial charge in [-0.2, -0.15) is 0 Å². The summed E-state index contributed by atoms with van der Waals surface area (Å²) in [5.74, 6) is -1.94. The van der Waals surface area contributed by atoms with Gasteiger partial charge >= 0.3 is 0 Å². The molecule has 0 aliphatic heterocycles. The molecule has 4 N–H and O–H groups in total. The highest BCUT2D eigenvalue weighted by Crippen LogP contribution is 2.29. The summed E-state index contributed by atoms with van der Waals surface area (Å²) < 4.78 is 26.1. The molecule has 1 fully saturated rings. The van der Waals surface area contributed by atoms with Crippen molar-refractivity contribution < 1.29 is 28.2 Å². The van der Waals surface area contributed by atoms with Crippen LogP contribution in [0.15, 0.2) is 42.5 Å². The summed E-state index contributed by atoms with van der Waals surface area (Å²) in [6.07, 6.45) is 4.78. The predicted octanol–water partition coefficient (Wildman–Crippen LogP) is 3.95. The highest BCUT2D eigenvalue weighted by Gasteiger charge is 2.32. The van der Waals surface area contributed by atoms with Crippen molar-refractivity contribution in [1.82, 2.24) is 15.5 Å². The Balaban J connectivity index is 1.69. The molecule has 0 saturated heterocycles. The molecule has 46 heavy (non-hydrogen) atoms. The molecule has 3 rings (SSSR count). The van der Waals surface area contributed by atoms with Crippen LogP contribution in [0.1, 0.15) is 71.3 Å². The molecule has 2 aromatic rings. The normalized spacial score (nSPS) is 17.8. The fourth-order valence-corrected chi connectivity index (χ4v) is 8.05. The molecule has 2 aromatic carbocycles. The van der Waals surface area contributed by atoms with Gasteiger partial charge in [0.1, 0.15) is 6.10 Å². The number of fused-ring (bicyclic) bond motifs is 1. The number of rotatable bonds is 18. The van der Waals surface area contributed by atoms with Crippen LogP contribution >= 0.6 is 0 Å². The Kier molecular flexibility index (Phi) is 14.9. The van der Waals surface area contributed by atoms with Gasteiger partial charge in [0, 0.05) is 13.1 Å². The van der Waals surface area contributed by atoms with Gasteiger partial charge in [-0.3, -0.25) is 9.59 Å². The number of nitrogens with zero attached hydrogens (tertiary/aromatic N) is 1. The van der Waals surface area contributed by atoms with E-state index in [-0.39, 0.29) is 36.3 Å². The summed E-state index contributed by atoms with van der Waals surface area (Å²) in [6.45, 7) is 6.06. The van der Waals surface area contributed by atoms with Gasteiger partial charge in [0.25, 0.3) is 0 Å². The average molecular weight is 660 g/mol. The molecule has 5 unspecified atom stereocenters. The van der Waals surface area contributed by atoms with Crippen molar-refractivity contribution in [2.75, 3.05) is 38.7 Å². The van der Waals surface area contributed by atoms with E-state index in [0.29, 0.717) is 25.3 Å². The van der Waals surface area contributed by atoms with E-state index in [1.54, 1.807) is 11.8 Å². The zero-order chi connectivity index (χ0) is 33.9. The monoisotopic (exact) mass is 659 g/mol. The minimum Gasteiger partial charge on any atom is -0.390 e. The molecule has 2 amide bonds. The molecule has 0 bridgehead atoms. The fraction of sp³-hybridized carbons (Fsp3) is 0.667. The van der Waals surface area contributed by atoms with Crippen molar-refractivity contribution in [2.24, 2.45) is 23.7 Å². The highest BCUT2D eigenvalue weighted by molar-refractivity contribution is 7.91. The number of hydrogen-bond acceptors (Lipinski definition) is 7. The van der Waals surface area contributed by atoms with Gasteiger partial charge in [0.2, 0.25) is 11.8 Å². The van der Waals surface area contributed by atoms with Crippen molar-refractivity contribution in [3.8, 4) is 0 Å². The Hall–Kier alpha value is -2.53. The molecule has 0 heterocycles. The number of aliphatic hydroxyl groups excluding tert-OH is 2. The van der Waals surface area contributed by atoms with Gasteiger partial charge in [-0.25, -0.2) is 8.42 Å². The van der Waals surface area contributed by atoms with Gasteiger partial charge < -0.3 is 25.7 Å². The molecule has 10 heteroatoms. The number of amides is 2. The zero-order valence-corrected chi connectivity index (χ0v) is 29.3. The van der Waals surface area contributed by atoms with Crippen LogP contribution in [0.3, 0.4) is 0 Å². The summed E-state index contributed by atoms with van der Waals surface area (Å²) in [4.78, 5) is 28.7. The van der Waals surface area contributed by atoms with E-state index in [2.05, 4.69) is 10.6 Å². The molecule has 258 valence electrons. The number of hydrogen-bond donors (Lipinski definition) is 4. The molecule has 1 aliphatic rings. The zero-order valence-electron chi connectivity index (χ0n) is 28.5. The maximum Gasteiger partial charge on any atom is 0.224 e. The lowest BCUT2D eigenvalue weighted by Gasteiger charge is -2.33. The standard InChI is InChI=1S/C36H57N3O6S/c1-25(2)19-33(40)34(41)32(22-27-11-7-6-8-12-27)38-35(42)26(3)23-37-36(43)31(24-46(44,45)18-17-39(4)5)21-28-15-16-29-13-9-10-14-30(29)20-28/h9-10,13-16,20,25-27,31-34,40-41H,6-8,11-12,17-19,21-24H2,1-5H3,(H,37,43)(H,38,42). The number of carbonyl (C=O) groups is 2. The summed E-state index contributed by atoms with van der Waals surface area (Å²) in [5.41, 5.74) is 0.868. The second kappa shape index (κ2) is 18.1. The second-order valence-corrected chi connectivity index (χ2v) is 16.4. The minimum atomic E-state index is -3.53. The van der Waals surface area contributed by atoms with Crippen LogP contribution in [0.5, 0.6) is 0 Å². The fourth-order valence-electron chi connectivity index (χ4n) is 6.36. The Bertz CT molecular complexity index is 1360. The van der Waals surface area contributed by atoms with Crippen LogP contribution in [-0.2, 0) is 25.8 Å². The van der Waals surface area contributed by atoms with Crippen LogP contribution in [-0.4, -0.2) is 92.3 Å². The highest BCUT2D eigenvalue weighted by atomic mass is 32.2. The van der Waals surface area contributed by atoms with Crippen molar-refractivity contribution >= 4 is 32.4 Å². The lowest BCUT2D eigenvalue weighted by atomic mass is 9.82. The van der Waals surface area contributed by atoms with Crippen molar-refractivity contribution in [2.45, 2.75) is 90.4 Å². The molecule has 0 aromatic heterocycles. The van der Waals surface area contributed by atoms with Crippen LogP contribution in [0.25, 0.3) is 10.8 Å². The summed E-state index contributed by atoms with van der Waals surface area (Å²) in [5, 5.41) is 29.7. The number of benzene rings is 2. The molecule has 0 spiro atoms. The van der Waals surface area contributed by atoms with Gasteiger partial charge in [-0.15, -0.1) is 0 Å².